The maximum Gasteiger partial charge on any atom is 0.411 e. The summed E-state index contributed by atoms with van der Waals surface area (Å²) in [4.78, 5) is 3.94. The Morgan fingerprint density at radius 2 is 2.11 bits per heavy atom. The minimum atomic E-state index is -4.28. The number of nitrogens with one attached hydrogen (secondary N) is 2. The van der Waals surface area contributed by atoms with Crippen molar-refractivity contribution in [3.8, 4) is 0 Å². The Hall–Kier alpha value is -1.02. The second-order valence-corrected chi connectivity index (χ2v) is 4.13. The summed E-state index contributed by atoms with van der Waals surface area (Å²) in [6.07, 6.45) is -3.54. The molecule has 0 amide bonds. The Bertz CT molecular complexity index is 289. The first kappa shape index (κ1) is 15.0. The van der Waals surface area contributed by atoms with E-state index < -0.39 is 11.7 Å². The van der Waals surface area contributed by atoms with Crippen molar-refractivity contribution in [1.29, 1.82) is 0 Å². The molecule has 1 saturated carbocycles. The molecule has 1 rings (SSSR count). The highest BCUT2D eigenvalue weighted by Crippen LogP contribution is 2.48. The molecule has 1 fully saturated rings. The number of nitrogens with two attached hydrogens (primary N) is 1. The highest BCUT2D eigenvalue weighted by atomic mass is 19.4. The number of hydrogen-bond donors (Lipinski definition) is 3. The van der Waals surface area contributed by atoms with E-state index in [1.165, 1.54) is 0 Å². The number of rotatable bonds is 6. The number of alkyl halides is 3. The average molecular weight is 268 g/mol. The van der Waals surface area contributed by atoms with Crippen LogP contribution in [0, 0.1) is 0 Å². The monoisotopic (exact) mass is 268 g/mol. The minimum absolute atomic E-state index is 0.0266. The van der Waals surface area contributed by atoms with Gasteiger partial charge in [0.1, 0.15) is 5.54 Å². The predicted octanol–water partition coefficient (Wildman–Crippen LogP) is 0.917. The molecule has 5 nitrogen and oxygen atoms in total. The zero-order valence-corrected chi connectivity index (χ0v) is 10.3. The zero-order chi connectivity index (χ0) is 13.6. The summed E-state index contributed by atoms with van der Waals surface area (Å²) in [6.45, 7) is 3.38. The van der Waals surface area contributed by atoms with Gasteiger partial charge < -0.3 is 10.1 Å². The van der Waals surface area contributed by atoms with Crippen molar-refractivity contribution in [1.82, 2.24) is 10.7 Å². The van der Waals surface area contributed by atoms with Crippen LogP contribution in [0.1, 0.15) is 26.2 Å². The fourth-order valence-corrected chi connectivity index (χ4v) is 1.45. The molecule has 0 aliphatic heterocycles. The van der Waals surface area contributed by atoms with Gasteiger partial charge in [-0.15, -0.1) is 0 Å². The van der Waals surface area contributed by atoms with Gasteiger partial charge in [0.2, 0.25) is 5.96 Å². The third kappa shape index (κ3) is 4.02. The van der Waals surface area contributed by atoms with Gasteiger partial charge in [-0.25, -0.2) is 5.84 Å². The number of halogens is 3. The van der Waals surface area contributed by atoms with Crippen molar-refractivity contribution < 1.29 is 17.9 Å². The number of hydrogen-bond acceptors (Lipinski definition) is 3. The third-order valence-corrected chi connectivity index (χ3v) is 2.71. The summed E-state index contributed by atoms with van der Waals surface area (Å²) in [5.41, 5.74) is 0.310. The van der Waals surface area contributed by atoms with Crippen LogP contribution in [-0.2, 0) is 4.74 Å². The van der Waals surface area contributed by atoms with Crippen LogP contribution in [0.25, 0.3) is 0 Å². The topological polar surface area (TPSA) is 71.7 Å². The molecule has 0 atom stereocenters. The molecule has 18 heavy (non-hydrogen) atoms. The molecule has 0 spiro atoms. The third-order valence-electron chi connectivity index (χ3n) is 2.71. The second-order valence-electron chi connectivity index (χ2n) is 4.13. The lowest BCUT2D eigenvalue weighted by Gasteiger charge is -2.22. The maximum absolute atomic E-state index is 12.7. The molecule has 4 N–H and O–H groups in total. The van der Waals surface area contributed by atoms with Gasteiger partial charge in [-0.1, -0.05) is 0 Å². The number of nitrogens with zero attached hydrogens (tertiary/aromatic N) is 1. The van der Waals surface area contributed by atoms with Crippen molar-refractivity contribution >= 4 is 5.96 Å². The van der Waals surface area contributed by atoms with Crippen LogP contribution in [0.15, 0.2) is 4.99 Å². The molecule has 8 heteroatoms. The van der Waals surface area contributed by atoms with Crippen LogP contribution in [0.3, 0.4) is 0 Å². The Labute approximate surface area is 104 Å². The molecular formula is C10H19F3N4O. The Kier molecular flexibility index (Phi) is 5.21. The quantitative estimate of drug-likeness (QED) is 0.220. The van der Waals surface area contributed by atoms with Gasteiger partial charge >= 0.3 is 6.18 Å². The van der Waals surface area contributed by atoms with Crippen LogP contribution >= 0.6 is 0 Å². The van der Waals surface area contributed by atoms with E-state index in [-0.39, 0.29) is 18.8 Å². The van der Waals surface area contributed by atoms with E-state index in [2.05, 4.69) is 15.7 Å². The van der Waals surface area contributed by atoms with Gasteiger partial charge in [0.05, 0.1) is 0 Å². The van der Waals surface area contributed by atoms with E-state index >= 15 is 0 Å². The molecule has 0 aromatic heterocycles. The van der Waals surface area contributed by atoms with Crippen LogP contribution in [-0.4, -0.2) is 37.4 Å². The molecule has 0 radical (unpaired) electrons. The van der Waals surface area contributed by atoms with E-state index in [0.717, 1.165) is 0 Å². The van der Waals surface area contributed by atoms with Crippen molar-refractivity contribution in [2.24, 2.45) is 10.8 Å². The van der Waals surface area contributed by atoms with Gasteiger partial charge in [-0.2, -0.15) is 13.2 Å². The van der Waals surface area contributed by atoms with E-state index in [1.807, 2.05) is 6.92 Å². The normalized spacial score (nSPS) is 18.6. The fraction of sp³-hybridized carbons (Fsp3) is 0.900. The van der Waals surface area contributed by atoms with Crippen molar-refractivity contribution in [2.45, 2.75) is 37.9 Å². The summed E-state index contributed by atoms with van der Waals surface area (Å²) in [5.74, 6) is 5.12. The lowest BCUT2D eigenvalue weighted by atomic mass is 10.2. The summed E-state index contributed by atoms with van der Waals surface area (Å²) in [7, 11) is 0. The predicted molar refractivity (Wildman–Crippen MR) is 61.9 cm³/mol. The molecule has 1 aliphatic rings. The molecule has 1 aliphatic carbocycles. The summed E-state index contributed by atoms with van der Waals surface area (Å²) in [6, 6.07) is 0. The van der Waals surface area contributed by atoms with Gasteiger partial charge in [0, 0.05) is 19.8 Å². The first-order chi connectivity index (χ1) is 8.45. The molecule has 0 bridgehead atoms. The van der Waals surface area contributed by atoms with Gasteiger partial charge in [0.25, 0.3) is 0 Å². The van der Waals surface area contributed by atoms with Gasteiger partial charge in [-0.05, 0) is 26.2 Å². The Morgan fingerprint density at radius 3 is 2.56 bits per heavy atom. The average Bonchev–Trinajstić information content (AvgIpc) is 3.07. The lowest BCUT2D eigenvalue weighted by molar-refractivity contribution is -0.161. The Morgan fingerprint density at radius 1 is 1.44 bits per heavy atom. The molecule has 0 aromatic rings. The Balaban J connectivity index is 2.40. The summed E-state index contributed by atoms with van der Waals surface area (Å²) >= 11 is 0. The van der Waals surface area contributed by atoms with E-state index in [1.54, 1.807) is 0 Å². The first-order valence-electron chi connectivity index (χ1n) is 5.89. The standard InChI is InChI=1S/C10H19F3N4O/c1-2-18-7-3-6-15-8(17-14)16-9(4-5-9)10(11,12)13/h2-7,14H2,1H3,(H2,15,16,17). The highest BCUT2D eigenvalue weighted by Gasteiger charge is 2.64. The van der Waals surface area contributed by atoms with E-state index in [0.29, 0.717) is 26.2 Å². The minimum Gasteiger partial charge on any atom is -0.382 e. The highest BCUT2D eigenvalue weighted by molar-refractivity contribution is 5.80. The maximum atomic E-state index is 12.7. The van der Waals surface area contributed by atoms with E-state index in [9.17, 15) is 13.2 Å². The number of hydrazine groups is 1. The number of aliphatic imine (C=N–C) groups is 1. The number of guanidine groups is 1. The smallest absolute Gasteiger partial charge is 0.382 e. The van der Waals surface area contributed by atoms with Crippen molar-refractivity contribution in [3.05, 3.63) is 0 Å². The van der Waals surface area contributed by atoms with Gasteiger partial charge in [-0.3, -0.25) is 10.4 Å². The summed E-state index contributed by atoms with van der Waals surface area (Å²) < 4.78 is 43.1. The zero-order valence-electron chi connectivity index (χ0n) is 10.3. The van der Waals surface area contributed by atoms with Crippen molar-refractivity contribution in [3.63, 3.8) is 0 Å². The number of ether oxygens (including phenoxy) is 1. The molecular weight excluding hydrogens is 249 g/mol. The van der Waals surface area contributed by atoms with Crippen LogP contribution in [0.4, 0.5) is 13.2 Å². The molecule has 0 heterocycles. The fourth-order valence-electron chi connectivity index (χ4n) is 1.45. The van der Waals surface area contributed by atoms with Crippen LogP contribution < -0.4 is 16.6 Å². The van der Waals surface area contributed by atoms with Crippen LogP contribution in [0.2, 0.25) is 0 Å². The summed E-state index contributed by atoms with van der Waals surface area (Å²) in [5, 5.41) is 2.33. The van der Waals surface area contributed by atoms with Gasteiger partial charge in [0.15, 0.2) is 0 Å². The lowest BCUT2D eigenvalue weighted by Crippen LogP contribution is -2.53. The largest absolute Gasteiger partial charge is 0.411 e. The van der Waals surface area contributed by atoms with Crippen LogP contribution in [0.5, 0.6) is 0 Å². The second kappa shape index (κ2) is 6.24. The van der Waals surface area contributed by atoms with Crippen molar-refractivity contribution in [2.75, 3.05) is 19.8 Å². The molecule has 106 valence electrons. The SMILES string of the molecule is CCOCCCN=C(NN)NC1(C(F)(F)F)CC1. The molecule has 0 aromatic carbocycles. The van der Waals surface area contributed by atoms with E-state index in [4.69, 9.17) is 10.6 Å². The molecule has 0 unspecified atom stereocenters. The molecule has 0 saturated heterocycles. The first-order valence-corrected chi connectivity index (χ1v) is 5.89.